The number of aryl methyl sites for hydroxylation is 1. The summed E-state index contributed by atoms with van der Waals surface area (Å²) in [6.45, 7) is 4.61. The molecular weight excluding hydrogens is 270 g/mol. The zero-order chi connectivity index (χ0) is 14.2. The standard InChI is InChI=1S/C15H19N3OS/c1-12-9-14(20-15-5-6-17-11-18-15)4-3-13(12)10-16-7-8-19-2/h3-6,9,11,16H,7-8,10H2,1-2H3. The summed E-state index contributed by atoms with van der Waals surface area (Å²) in [5, 5.41) is 4.32. The average molecular weight is 289 g/mol. The van der Waals surface area contributed by atoms with Crippen molar-refractivity contribution in [1.82, 2.24) is 15.3 Å². The van der Waals surface area contributed by atoms with Crippen molar-refractivity contribution in [2.24, 2.45) is 0 Å². The summed E-state index contributed by atoms with van der Waals surface area (Å²) in [5.41, 5.74) is 2.60. The van der Waals surface area contributed by atoms with Crippen LogP contribution in [0.1, 0.15) is 11.1 Å². The molecule has 5 heteroatoms. The maximum absolute atomic E-state index is 5.02. The first kappa shape index (κ1) is 15.0. The van der Waals surface area contributed by atoms with Crippen molar-refractivity contribution in [2.45, 2.75) is 23.4 Å². The van der Waals surface area contributed by atoms with Crippen molar-refractivity contribution in [3.05, 3.63) is 47.9 Å². The highest BCUT2D eigenvalue weighted by Gasteiger charge is 2.02. The number of nitrogens with one attached hydrogen (secondary N) is 1. The third-order valence-electron chi connectivity index (χ3n) is 2.89. The van der Waals surface area contributed by atoms with E-state index < -0.39 is 0 Å². The smallest absolute Gasteiger partial charge is 0.116 e. The van der Waals surface area contributed by atoms with Crippen molar-refractivity contribution in [1.29, 1.82) is 0 Å². The Morgan fingerprint density at radius 2 is 2.20 bits per heavy atom. The van der Waals surface area contributed by atoms with Gasteiger partial charge < -0.3 is 10.1 Å². The molecule has 1 N–H and O–H groups in total. The van der Waals surface area contributed by atoms with Crippen LogP contribution in [-0.4, -0.2) is 30.2 Å². The summed E-state index contributed by atoms with van der Waals surface area (Å²) in [6.07, 6.45) is 3.33. The molecule has 0 bridgehead atoms. The molecule has 2 rings (SSSR count). The molecule has 1 aromatic heterocycles. The molecule has 4 nitrogen and oxygen atoms in total. The normalized spacial score (nSPS) is 10.7. The average Bonchev–Trinajstić information content (AvgIpc) is 2.46. The number of benzene rings is 1. The monoisotopic (exact) mass is 289 g/mol. The zero-order valence-corrected chi connectivity index (χ0v) is 12.6. The van der Waals surface area contributed by atoms with E-state index >= 15 is 0 Å². The molecule has 1 heterocycles. The van der Waals surface area contributed by atoms with Gasteiger partial charge in [-0.25, -0.2) is 9.97 Å². The molecule has 0 saturated heterocycles. The van der Waals surface area contributed by atoms with Crippen molar-refractivity contribution in [3.8, 4) is 0 Å². The third-order valence-corrected chi connectivity index (χ3v) is 3.83. The SMILES string of the molecule is COCCNCc1ccc(Sc2ccncn2)cc1C. The van der Waals surface area contributed by atoms with Crippen LogP contribution in [0.5, 0.6) is 0 Å². The topological polar surface area (TPSA) is 47.0 Å². The van der Waals surface area contributed by atoms with Gasteiger partial charge >= 0.3 is 0 Å². The Morgan fingerprint density at radius 1 is 1.30 bits per heavy atom. The van der Waals surface area contributed by atoms with Crippen molar-refractivity contribution >= 4 is 11.8 Å². The van der Waals surface area contributed by atoms with Gasteiger partial charge in [-0.2, -0.15) is 0 Å². The Labute approximate surface area is 124 Å². The predicted octanol–water partition coefficient (Wildman–Crippen LogP) is 2.67. The van der Waals surface area contributed by atoms with Crippen LogP contribution < -0.4 is 5.32 Å². The van der Waals surface area contributed by atoms with E-state index in [0.717, 1.165) is 24.7 Å². The molecule has 20 heavy (non-hydrogen) atoms. The van der Waals surface area contributed by atoms with E-state index in [9.17, 15) is 0 Å². The first-order valence-corrected chi connectivity index (χ1v) is 7.34. The second-order valence-corrected chi connectivity index (χ2v) is 5.50. The minimum absolute atomic E-state index is 0.737. The summed E-state index contributed by atoms with van der Waals surface area (Å²) < 4.78 is 5.02. The Bertz CT molecular complexity index is 534. The molecule has 0 atom stereocenters. The van der Waals surface area contributed by atoms with Crippen molar-refractivity contribution in [2.75, 3.05) is 20.3 Å². The molecule has 106 valence electrons. The molecule has 0 radical (unpaired) electrons. The van der Waals surface area contributed by atoms with E-state index in [1.165, 1.54) is 16.0 Å². The highest BCUT2D eigenvalue weighted by Crippen LogP contribution is 2.27. The van der Waals surface area contributed by atoms with Gasteiger partial charge in [-0.05, 0) is 36.2 Å². The van der Waals surface area contributed by atoms with Crippen LogP contribution in [0.25, 0.3) is 0 Å². The van der Waals surface area contributed by atoms with Gasteiger partial charge in [0.25, 0.3) is 0 Å². The largest absolute Gasteiger partial charge is 0.383 e. The molecule has 0 aliphatic rings. The number of nitrogens with zero attached hydrogens (tertiary/aromatic N) is 2. The van der Waals surface area contributed by atoms with Gasteiger partial charge in [0.05, 0.1) is 6.61 Å². The fraction of sp³-hybridized carbons (Fsp3) is 0.333. The fourth-order valence-electron chi connectivity index (χ4n) is 1.79. The van der Waals surface area contributed by atoms with E-state index in [1.54, 1.807) is 31.4 Å². The van der Waals surface area contributed by atoms with Gasteiger partial charge in [0.2, 0.25) is 0 Å². The van der Waals surface area contributed by atoms with Gasteiger partial charge in [0.1, 0.15) is 11.4 Å². The number of ether oxygens (including phenoxy) is 1. The van der Waals surface area contributed by atoms with E-state index in [2.05, 4.69) is 40.4 Å². The lowest BCUT2D eigenvalue weighted by Gasteiger charge is -2.09. The molecule has 0 spiro atoms. The summed E-state index contributed by atoms with van der Waals surface area (Å²) in [7, 11) is 1.71. The van der Waals surface area contributed by atoms with Gasteiger partial charge in [-0.15, -0.1) is 0 Å². The quantitative estimate of drug-likeness (QED) is 0.627. The highest BCUT2D eigenvalue weighted by molar-refractivity contribution is 7.99. The zero-order valence-electron chi connectivity index (χ0n) is 11.8. The van der Waals surface area contributed by atoms with Crippen molar-refractivity contribution in [3.63, 3.8) is 0 Å². The minimum atomic E-state index is 0.737. The molecule has 0 fully saturated rings. The molecule has 0 aliphatic heterocycles. The molecule has 0 amide bonds. The summed E-state index contributed by atoms with van der Waals surface area (Å²) in [6, 6.07) is 8.41. The number of hydrogen-bond donors (Lipinski definition) is 1. The number of aromatic nitrogens is 2. The van der Waals surface area contributed by atoms with Crippen molar-refractivity contribution < 1.29 is 4.74 Å². The Hall–Kier alpha value is -1.43. The maximum atomic E-state index is 5.02. The summed E-state index contributed by atoms with van der Waals surface area (Å²) in [5.74, 6) is 0. The molecule has 0 aliphatic carbocycles. The Kier molecular flexibility index (Phi) is 5.98. The molecule has 0 saturated carbocycles. The molecule has 2 aromatic rings. The Morgan fingerprint density at radius 3 is 2.90 bits per heavy atom. The van der Waals surface area contributed by atoms with Crippen LogP contribution in [-0.2, 0) is 11.3 Å². The number of methoxy groups -OCH3 is 1. The number of hydrogen-bond acceptors (Lipinski definition) is 5. The van der Waals surface area contributed by atoms with E-state index in [4.69, 9.17) is 4.74 Å². The van der Waals surface area contributed by atoms with Gasteiger partial charge in [-0.1, -0.05) is 17.8 Å². The second-order valence-electron chi connectivity index (χ2n) is 4.41. The number of rotatable bonds is 7. The lowest BCUT2D eigenvalue weighted by atomic mass is 10.1. The molecule has 1 aromatic carbocycles. The van der Waals surface area contributed by atoms with Gasteiger partial charge in [-0.3, -0.25) is 0 Å². The predicted molar refractivity (Wildman–Crippen MR) is 80.9 cm³/mol. The fourth-order valence-corrected chi connectivity index (χ4v) is 2.63. The van der Waals surface area contributed by atoms with E-state index in [0.29, 0.717) is 0 Å². The minimum Gasteiger partial charge on any atom is -0.383 e. The maximum Gasteiger partial charge on any atom is 0.116 e. The summed E-state index contributed by atoms with van der Waals surface area (Å²) in [4.78, 5) is 9.34. The van der Waals surface area contributed by atoms with Crippen LogP contribution in [0.2, 0.25) is 0 Å². The van der Waals surface area contributed by atoms with Crippen LogP contribution >= 0.6 is 11.8 Å². The molecular formula is C15H19N3OS. The van der Waals surface area contributed by atoms with Crippen LogP contribution in [0, 0.1) is 6.92 Å². The van der Waals surface area contributed by atoms with Crippen LogP contribution in [0.3, 0.4) is 0 Å². The van der Waals surface area contributed by atoms with Gasteiger partial charge in [0, 0.05) is 31.3 Å². The van der Waals surface area contributed by atoms with Crippen LogP contribution in [0.15, 0.2) is 46.7 Å². The lowest BCUT2D eigenvalue weighted by Crippen LogP contribution is -2.19. The van der Waals surface area contributed by atoms with E-state index in [1.807, 2.05) is 6.07 Å². The summed E-state index contributed by atoms with van der Waals surface area (Å²) >= 11 is 1.65. The van der Waals surface area contributed by atoms with Crippen LogP contribution in [0.4, 0.5) is 0 Å². The lowest BCUT2D eigenvalue weighted by molar-refractivity contribution is 0.199. The first-order chi connectivity index (χ1) is 9.79. The molecule has 0 unspecified atom stereocenters. The van der Waals surface area contributed by atoms with E-state index in [-0.39, 0.29) is 0 Å². The second kappa shape index (κ2) is 7.99. The third kappa shape index (κ3) is 4.59. The first-order valence-electron chi connectivity index (χ1n) is 6.52. The Balaban J connectivity index is 1.95. The highest BCUT2D eigenvalue weighted by atomic mass is 32.2. The van der Waals surface area contributed by atoms with Gasteiger partial charge in [0.15, 0.2) is 0 Å².